The van der Waals surface area contributed by atoms with Gasteiger partial charge in [-0.2, -0.15) is 0 Å². The largest absolute Gasteiger partial charge is 0.481 e. The molecule has 33 heavy (non-hydrogen) atoms. The van der Waals surface area contributed by atoms with Gasteiger partial charge in [0, 0.05) is 35.4 Å². The fraction of sp³-hybridized carbons (Fsp3) is 0.440. The molecule has 1 spiro atoms. The van der Waals surface area contributed by atoms with Crippen molar-refractivity contribution >= 4 is 12.1 Å². The van der Waals surface area contributed by atoms with Gasteiger partial charge < -0.3 is 14.7 Å². The number of nitrogens with zero attached hydrogens (tertiary/aromatic N) is 4. The van der Waals surface area contributed by atoms with Gasteiger partial charge in [-0.05, 0) is 40.6 Å². The molecule has 2 fully saturated rings. The van der Waals surface area contributed by atoms with Crippen molar-refractivity contribution in [2.24, 2.45) is 16.4 Å². The Morgan fingerprint density at radius 1 is 1.12 bits per heavy atom. The molecule has 1 heterocycles. The number of carboxylic acid groups (broad SMARTS) is 1. The maximum Gasteiger partial charge on any atom is 0.409 e. The molecule has 0 aromatic heterocycles. The molecule has 8 heteroatoms. The molecular weight excluding hydrogens is 420 g/mol. The Balaban J connectivity index is 1.35. The third-order valence-corrected chi connectivity index (χ3v) is 7.70. The van der Waals surface area contributed by atoms with Gasteiger partial charge in [-0.3, -0.25) is 4.79 Å². The van der Waals surface area contributed by atoms with Crippen LogP contribution in [0.25, 0.3) is 21.6 Å². The van der Waals surface area contributed by atoms with Crippen LogP contribution < -0.4 is 0 Å². The molecule has 1 unspecified atom stereocenters. The summed E-state index contributed by atoms with van der Waals surface area (Å²) in [5.74, 6) is -1.78. The summed E-state index contributed by atoms with van der Waals surface area (Å²) in [5, 5.41) is 13.9. The number of hydrogen-bond donors (Lipinski definition) is 1. The Morgan fingerprint density at radius 2 is 1.79 bits per heavy atom. The Labute approximate surface area is 191 Å². The number of fused-ring (bicyclic) bond motifs is 3. The lowest BCUT2D eigenvalue weighted by Gasteiger charge is -2.41. The number of aliphatic carboxylic acids is 1. The molecule has 5 rings (SSSR count). The van der Waals surface area contributed by atoms with E-state index in [4.69, 9.17) is 10.3 Å². The first-order valence-electron chi connectivity index (χ1n) is 11.4. The summed E-state index contributed by atoms with van der Waals surface area (Å²) in [4.78, 5) is 29.7. The van der Waals surface area contributed by atoms with Crippen LogP contribution in [0.4, 0.5) is 4.79 Å². The van der Waals surface area contributed by atoms with Gasteiger partial charge in [0.25, 0.3) is 0 Å². The van der Waals surface area contributed by atoms with Crippen LogP contribution in [-0.2, 0) is 9.53 Å². The number of likely N-dealkylation sites (tertiary alicyclic amines) is 1. The van der Waals surface area contributed by atoms with E-state index < -0.39 is 29.4 Å². The fourth-order valence-electron chi connectivity index (χ4n) is 6.15. The zero-order valence-electron chi connectivity index (χ0n) is 18.3. The van der Waals surface area contributed by atoms with E-state index in [0.29, 0.717) is 12.8 Å². The molecule has 3 aliphatic rings. The SMILES string of the molecule is [N-]=[N+]=N[C@@H]1CCCCC12CN(C(=O)OCC1c3ccccc3-c3ccccc31)C[C@@H]2C(=O)O. The Hall–Kier alpha value is -3.51. The van der Waals surface area contributed by atoms with Crippen molar-refractivity contribution in [2.75, 3.05) is 19.7 Å². The number of azide groups is 1. The van der Waals surface area contributed by atoms with Gasteiger partial charge in [0.1, 0.15) is 6.61 Å². The van der Waals surface area contributed by atoms with Crippen LogP contribution in [-0.4, -0.2) is 47.8 Å². The minimum atomic E-state index is -0.955. The van der Waals surface area contributed by atoms with E-state index in [1.807, 2.05) is 24.3 Å². The zero-order valence-corrected chi connectivity index (χ0v) is 18.3. The molecule has 1 amide bonds. The summed E-state index contributed by atoms with van der Waals surface area (Å²) < 4.78 is 5.77. The van der Waals surface area contributed by atoms with E-state index in [-0.39, 0.29) is 25.6 Å². The average molecular weight is 447 g/mol. The first-order valence-corrected chi connectivity index (χ1v) is 11.4. The van der Waals surface area contributed by atoms with Crippen molar-refractivity contribution < 1.29 is 19.4 Å². The van der Waals surface area contributed by atoms with Gasteiger partial charge in [0.2, 0.25) is 0 Å². The van der Waals surface area contributed by atoms with Gasteiger partial charge >= 0.3 is 12.1 Å². The van der Waals surface area contributed by atoms with Gasteiger partial charge in [-0.15, -0.1) is 0 Å². The van der Waals surface area contributed by atoms with E-state index in [1.165, 1.54) is 4.90 Å². The molecular formula is C25H26N4O4. The summed E-state index contributed by atoms with van der Waals surface area (Å²) in [6, 6.07) is 15.8. The number of ether oxygens (including phenoxy) is 1. The summed E-state index contributed by atoms with van der Waals surface area (Å²) in [6.07, 6.45) is 2.51. The number of amides is 1. The van der Waals surface area contributed by atoms with E-state index in [2.05, 4.69) is 34.3 Å². The maximum absolute atomic E-state index is 13.1. The highest BCUT2D eigenvalue weighted by molar-refractivity contribution is 5.79. The quantitative estimate of drug-likeness (QED) is 0.395. The third kappa shape index (κ3) is 3.51. The highest BCUT2D eigenvalue weighted by Crippen LogP contribution is 2.50. The Bertz CT molecular complexity index is 1100. The number of benzene rings is 2. The Kier molecular flexibility index (Phi) is 5.46. The Morgan fingerprint density at radius 3 is 2.42 bits per heavy atom. The fourth-order valence-corrected chi connectivity index (χ4v) is 6.15. The second-order valence-corrected chi connectivity index (χ2v) is 9.28. The highest BCUT2D eigenvalue weighted by Gasteiger charge is 2.56. The molecule has 170 valence electrons. The van der Waals surface area contributed by atoms with Crippen LogP contribution in [0.1, 0.15) is 42.7 Å². The van der Waals surface area contributed by atoms with E-state index >= 15 is 0 Å². The molecule has 0 radical (unpaired) electrons. The van der Waals surface area contributed by atoms with Gasteiger partial charge in [-0.25, -0.2) is 4.79 Å². The van der Waals surface area contributed by atoms with Crippen LogP contribution in [0.2, 0.25) is 0 Å². The highest BCUT2D eigenvalue weighted by atomic mass is 16.6. The molecule has 1 N–H and O–H groups in total. The second-order valence-electron chi connectivity index (χ2n) is 9.28. The predicted molar refractivity (Wildman–Crippen MR) is 122 cm³/mol. The first-order chi connectivity index (χ1) is 16.0. The molecule has 1 aliphatic heterocycles. The molecule has 2 aliphatic carbocycles. The molecule has 3 atom stereocenters. The molecule has 1 saturated heterocycles. The minimum absolute atomic E-state index is 0.0567. The topological polar surface area (TPSA) is 116 Å². The lowest BCUT2D eigenvalue weighted by Crippen LogP contribution is -2.46. The van der Waals surface area contributed by atoms with E-state index in [1.54, 1.807) is 0 Å². The molecule has 0 bridgehead atoms. The first kappa shape index (κ1) is 21.3. The van der Waals surface area contributed by atoms with Gasteiger partial charge in [-0.1, -0.05) is 66.5 Å². The van der Waals surface area contributed by atoms with Crippen molar-refractivity contribution in [3.63, 3.8) is 0 Å². The number of carbonyl (C=O) groups excluding carboxylic acids is 1. The minimum Gasteiger partial charge on any atom is -0.481 e. The lowest BCUT2D eigenvalue weighted by molar-refractivity contribution is -0.146. The number of carboxylic acids is 1. The summed E-state index contributed by atoms with van der Waals surface area (Å²) in [7, 11) is 0. The molecule has 1 saturated carbocycles. The smallest absolute Gasteiger partial charge is 0.409 e. The summed E-state index contributed by atoms with van der Waals surface area (Å²) >= 11 is 0. The lowest BCUT2D eigenvalue weighted by atomic mass is 9.64. The van der Waals surface area contributed by atoms with Gasteiger partial charge in [0.05, 0.1) is 5.92 Å². The van der Waals surface area contributed by atoms with Crippen molar-refractivity contribution in [3.05, 3.63) is 70.1 Å². The van der Waals surface area contributed by atoms with Gasteiger partial charge in [0.15, 0.2) is 0 Å². The monoisotopic (exact) mass is 446 g/mol. The van der Waals surface area contributed by atoms with Crippen LogP contribution >= 0.6 is 0 Å². The second kappa shape index (κ2) is 8.45. The van der Waals surface area contributed by atoms with Crippen molar-refractivity contribution in [1.82, 2.24) is 4.90 Å². The van der Waals surface area contributed by atoms with Crippen LogP contribution in [0.3, 0.4) is 0 Å². The van der Waals surface area contributed by atoms with Crippen LogP contribution in [0, 0.1) is 11.3 Å². The average Bonchev–Trinajstić information content (AvgIpc) is 3.36. The standard InChI is InChI=1S/C25H26N4O4/c26-28-27-22-11-5-6-12-25(22)15-29(13-21(25)23(30)31)24(32)33-14-20-18-9-3-1-7-16(18)17-8-2-4-10-19(17)20/h1-4,7-10,20-22H,5-6,11-15H2,(H,30,31)/t21-,22-,25?/m1/s1. The summed E-state index contributed by atoms with van der Waals surface area (Å²) in [5.41, 5.74) is 12.9. The molecule has 2 aromatic rings. The normalized spacial score (nSPS) is 25.9. The number of carbonyl (C=O) groups is 2. The molecule has 8 nitrogen and oxygen atoms in total. The van der Waals surface area contributed by atoms with Crippen LogP contribution in [0.5, 0.6) is 0 Å². The van der Waals surface area contributed by atoms with Crippen molar-refractivity contribution in [3.8, 4) is 11.1 Å². The van der Waals surface area contributed by atoms with E-state index in [0.717, 1.165) is 35.1 Å². The predicted octanol–water partition coefficient (Wildman–Crippen LogP) is 5.19. The third-order valence-electron chi connectivity index (χ3n) is 7.70. The molecule has 2 aromatic carbocycles. The van der Waals surface area contributed by atoms with Crippen LogP contribution in [0.15, 0.2) is 53.6 Å². The van der Waals surface area contributed by atoms with E-state index in [9.17, 15) is 14.7 Å². The number of hydrogen-bond acceptors (Lipinski definition) is 4. The zero-order chi connectivity index (χ0) is 23.0. The summed E-state index contributed by atoms with van der Waals surface area (Å²) in [6.45, 7) is 0.502. The van der Waals surface area contributed by atoms with Crippen molar-refractivity contribution in [1.29, 1.82) is 0 Å². The maximum atomic E-state index is 13.1. The van der Waals surface area contributed by atoms with Crippen molar-refractivity contribution in [2.45, 2.75) is 37.6 Å². The number of rotatable bonds is 4.